The standard InChI is InChI=1S/C23H31N3O3S/c1-2-3-7-13-24-23(27)21-11-8-12-22(18-21)30(28,29)26-16-14-25(15-17-26)19-20-9-5-4-6-10-20/h4-6,8-12,18H,2-3,7,13-17,19H2,1H3,(H,24,27). The van der Waals surface area contributed by atoms with Crippen LogP contribution in [0.5, 0.6) is 0 Å². The molecule has 0 bridgehead atoms. The quantitative estimate of drug-likeness (QED) is 0.622. The van der Waals surface area contributed by atoms with Crippen molar-refractivity contribution in [2.45, 2.75) is 37.6 Å². The van der Waals surface area contributed by atoms with Gasteiger partial charge < -0.3 is 5.32 Å². The first kappa shape index (κ1) is 22.5. The van der Waals surface area contributed by atoms with Gasteiger partial charge in [-0.1, -0.05) is 56.2 Å². The number of nitrogens with one attached hydrogen (secondary N) is 1. The third kappa shape index (κ3) is 5.90. The molecular weight excluding hydrogens is 398 g/mol. The summed E-state index contributed by atoms with van der Waals surface area (Å²) in [5.41, 5.74) is 1.61. The summed E-state index contributed by atoms with van der Waals surface area (Å²) < 4.78 is 27.7. The van der Waals surface area contributed by atoms with Gasteiger partial charge in [0, 0.05) is 44.8 Å². The molecule has 1 aliphatic heterocycles. The Morgan fingerprint density at radius 3 is 2.40 bits per heavy atom. The molecule has 7 heteroatoms. The van der Waals surface area contributed by atoms with Crippen LogP contribution in [0.3, 0.4) is 0 Å². The highest BCUT2D eigenvalue weighted by Crippen LogP contribution is 2.20. The van der Waals surface area contributed by atoms with E-state index in [-0.39, 0.29) is 10.8 Å². The molecule has 1 aliphatic rings. The monoisotopic (exact) mass is 429 g/mol. The van der Waals surface area contributed by atoms with Crippen LogP contribution in [0.15, 0.2) is 59.5 Å². The van der Waals surface area contributed by atoms with E-state index >= 15 is 0 Å². The summed E-state index contributed by atoms with van der Waals surface area (Å²) in [5, 5.41) is 2.87. The van der Waals surface area contributed by atoms with Gasteiger partial charge in [0.15, 0.2) is 0 Å². The predicted molar refractivity (Wildman–Crippen MR) is 119 cm³/mol. The Kier molecular flexibility index (Phi) is 8.01. The zero-order valence-electron chi connectivity index (χ0n) is 17.6. The van der Waals surface area contributed by atoms with Gasteiger partial charge >= 0.3 is 0 Å². The van der Waals surface area contributed by atoms with Crippen molar-refractivity contribution in [2.24, 2.45) is 0 Å². The number of hydrogen-bond donors (Lipinski definition) is 1. The molecule has 1 fully saturated rings. The Hall–Kier alpha value is -2.22. The van der Waals surface area contributed by atoms with Crippen LogP contribution in [-0.2, 0) is 16.6 Å². The van der Waals surface area contributed by atoms with Crippen LogP contribution >= 0.6 is 0 Å². The zero-order valence-corrected chi connectivity index (χ0v) is 18.4. The third-order valence-corrected chi connectivity index (χ3v) is 7.27. The molecule has 1 heterocycles. The lowest BCUT2D eigenvalue weighted by molar-refractivity contribution is 0.0952. The Balaban J connectivity index is 1.60. The van der Waals surface area contributed by atoms with Crippen molar-refractivity contribution in [3.63, 3.8) is 0 Å². The van der Waals surface area contributed by atoms with E-state index in [1.54, 1.807) is 18.2 Å². The smallest absolute Gasteiger partial charge is 0.251 e. The number of sulfonamides is 1. The fourth-order valence-corrected chi connectivity index (χ4v) is 5.06. The summed E-state index contributed by atoms with van der Waals surface area (Å²) >= 11 is 0. The molecule has 6 nitrogen and oxygen atoms in total. The zero-order chi connectivity index (χ0) is 21.4. The van der Waals surface area contributed by atoms with E-state index in [0.29, 0.717) is 38.3 Å². The highest BCUT2D eigenvalue weighted by Gasteiger charge is 2.29. The maximum absolute atomic E-state index is 13.1. The van der Waals surface area contributed by atoms with Crippen LogP contribution in [0.25, 0.3) is 0 Å². The molecule has 2 aromatic rings. The van der Waals surface area contributed by atoms with Crippen molar-refractivity contribution >= 4 is 15.9 Å². The molecule has 162 valence electrons. The maximum atomic E-state index is 13.1. The minimum atomic E-state index is -3.62. The first-order chi connectivity index (χ1) is 14.5. The van der Waals surface area contributed by atoms with Crippen LogP contribution in [0, 0.1) is 0 Å². The van der Waals surface area contributed by atoms with Gasteiger partial charge in [0.05, 0.1) is 4.90 Å². The summed E-state index contributed by atoms with van der Waals surface area (Å²) in [6.45, 7) is 5.80. The van der Waals surface area contributed by atoms with Gasteiger partial charge in [0.1, 0.15) is 0 Å². The van der Waals surface area contributed by atoms with E-state index in [0.717, 1.165) is 25.8 Å². The van der Waals surface area contributed by atoms with Gasteiger partial charge in [0.2, 0.25) is 10.0 Å². The first-order valence-electron chi connectivity index (χ1n) is 10.7. The fourth-order valence-electron chi connectivity index (χ4n) is 3.60. The van der Waals surface area contributed by atoms with E-state index in [2.05, 4.69) is 29.3 Å². The summed E-state index contributed by atoms with van der Waals surface area (Å²) in [6, 6.07) is 16.6. The molecule has 0 radical (unpaired) electrons. The van der Waals surface area contributed by atoms with Gasteiger partial charge in [-0.3, -0.25) is 9.69 Å². The van der Waals surface area contributed by atoms with Gasteiger partial charge in [-0.2, -0.15) is 4.31 Å². The molecule has 0 atom stereocenters. The number of hydrogen-bond acceptors (Lipinski definition) is 4. The molecule has 1 saturated heterocycles. The van der Waals surface area contributed by atoms with Gasteiger partial charge in [-0.15, -0.1) is 0 Å². The second-order valence-electron chi connectivity index (χ2n) is 7.66. The van der Waals surface area contributed by atoms with Crippen LogP contribution in [-0.4, -0.2) is 56.3 Å². The molecule has 0 spiro atoms. The number of piperazine rings is 1. The summed E-state index contributed by atoms with van der Waals surface area (Å²) in [7, 11) is -3.62. The predicted octanol–water partition coefficient (Wildman–Crippen LogP) is 3.11. The molecule has 0 unspecified atom stereocenters. The third-order valence-electron chi connectivity index (χ3n) is 5.38. The van der Waals surface area contributed by atoms with Gasteiger partial charge in [-0.25, -0.2) is 8.42 Å². The van der Waals surface area contributed by atoms with Crippen molar-refractivity contribution in [1.82, 2.24) is 14.5 Å². The van der Waals surface area contributed by atoms with Gasteiger partial charge in [0.25, 0.3) is 5.91 Å². The van der Waals surface area contributed by atoms with Crippen molar-refractivity contribution in [1.29, 1.82) is 0 Å². The van der Waals surface area contributed by atoms with E-state index in [4.69, 9.17) is 0 Å². The molecule has 0 aromatic heterocycles. The van der Waals surface area contributed by atoms with E-state index in [1.165, 1.54) is 15.9 Å². The lowest BCUT2D eigenvalue weighted by atomic mass is 10.2. The average Bonchev–Trinajstić information content (AvgIpc) is 2.78. The lowest BCUT2D eigenvalue weighted by Gasteiger charge is -2.34. The second kappa shape index (κ2) is 10.7. The van der Waals surface area contributed by atoms with Crippen LogP contribution in [0.2, 0.25) is 0 Å². The number of unbranched alkanes of at least 4 members (excludes halogenated alkanes) is 2. The Morgan fingerprint density at radius 2 is 1.70 bits per heavy atom. The van der Waals surface area contributed by atoms with Crippen LogP contribution in [0.4, 0.5) is 0 Å². The Bertz CT molecular complexity index is 924. The summed E-state index contributed by atoms with van der Waals surface area (Å²) in [4.78, 5) is 14.8. The van der Waals surface area contributed by atoms with Crippen molar-refractivity contribution in [3.8, 4) is 0 Å². The number of carbonyl (C=O) groups is 1. The highest BCUT2D eigenvalue weighted by molar-refractivity contribution is 7.89. The van der Waals surface area contributed by atoms with Gasteiger partial charge in [-0.05, 0) is 30.2 Å². The van der Waals surface area contributed by atoms with Crippen molar-refractivity contribution in [3.05, 3.63) is 65.7 Å². The van der Waals surface area contributed by atoms with E-state index in [9.17, 15) is 13.2 Å². The summed E-state index contributed by atoms with van der Waals surface area (Å²) in [5.74, 6) is -0.226. The summed E-state index contributed by atoms with van der Waals surface area (Å²) in [6.07, 6.45) is 3.07. The lowest BCUT2D eigenvalue weighted by Crippen LogP contribution is -2.48. The van der Waals surface area contributed by atoms with Crippen LogP contribution in [0.1, 0.15) is 42.1 Å². The number of nitrogens with zero attached hydrogens (tertiary/aromatic N) is 2. The maximum Gasteiger partial charge on any atom is 0.251 e. The Morgan fingerprint density at radius 1 is 0.967 bits per heavy atom. The number of rotatable bonds is 9. The van der Waals surface area contributed by atoms with Crippen LogP contribution < -0.4 is 5.32 Å². The number of carbonyl (C=O) groups excluding carboxylic acids is 1. The second-order valence-corrected chi connectivity index (χ2v) is 9.59. The van der Waals surface area contributed by atoms with E-state index < -0.39 is 10.0 Å². The number of amides is 1. The topological polar surface area (TPSA) is 69.7 Å². The molecule has 3 rings (SSSR count). The molecule has 2 aromatic carbocycles. The highest BCUT2D eigenvalue weighted by atomic mass is 32.2. The molecule has 0 aliphatic carbocycles. The molecule has 1 amide bonds. The van der Waals surface area contributed by atoms with E-state index in [1.807, 2.05) is 18.2 Å². The van der Waals surface area contributed by atoms with Crippen molar-refractivity contribution < 1.29 is 13.2 Å². The largest absolute Gasteiger partial charge is 0.352 e. The fraction of sp³-hybridized carbons (Fsp3) is 0.435. The normalized spacial score (nSPS) is 15.8. The minimum Gasteiger partial charge on any atom is -0.352 e. The molecule has 0 saturated carbocycles. The SMILES string of the molecule is CCCCCNC(=O)c1cccc(S(=O)(=O)N2CCN(Cc3ccccc3)CC2)c1. The Labute approximate surface area is 179 Å². The minimum absolute atomic E-state index is 0.181. The molecule has 30 heavy (non-hydrogen) atoms. The van der Waals surface area contributed by atoms with Crippen molar-refractivity contribution in [2.75, 3.05) is 32.7 Å². The molecule has 1 N–H and O–H groups in total. The number of benzene rings is 2. The first-order valence-corrected chi connectivity index (χ1v) is 12.1. The average molecular weight is 430 g/mol. The molecular formula is C23H31N3O3S.